The molecule has 0 unspecified atom stereocenters. The van der Waals surface area contributed by atoms with Crippen LogP contribution in [0.15, 0.2) is 60.3 Å². The summed E-state index contributed by atoms with van der Waals surface area (Å²) >= 11 is 0. The van der Waals surface area contributed by atoms with Crippen molar-refractivity contribution in [3.63, 3.8) is 0 Å². The van der Waals surface area contributed by atoms with Gasteiger partial charge in [0.2, 0.25) is 0 Å². The van der Waals surface area contributed by atoms with E-state index in [1.807, 2.05) is 6.08 Å². The van der Waals surface area contributed by atoms with E-state index < -0.39 is 18.3 Å². The molecule has 36 heavy (non-hydrogen) atoms. The zero-order valence-corrected chi connectivity index (χ0v) is 19.5. The first-order chi connectivity index (χ1) is 17.5. The van der Waals surface area contributed by atoms with Crippen LogP contribution in [0.4, 0.5) is 24.7 Å². The minimum absolute atomic E-state index is 0.181. The monoisotopic (exact) mass is 494 g/mol. The Balaban J connectivity index is 1.33. The SMILES string of the molecule is O=C1CCCN(C(Nc2cnn3ccc(N4C=CC[C@@H]4c4cc(F)ccc4C(F)F)nc23)=C2CC2)C1. The topological polar surface area (TPSA) is 65.8 Å². The molecule has 3 aromatic rings. The highest BCUT2D eigenvalue weighted by atomic mass is 19.3. The number of Topliss-reactive ketones (excluding diaryl/α,β-unsaturated/α-hetero) is 1. The van der Waals surface area contributed by atoms with Crippen LogP contribution in [0.25, 0.3) is 5.65 Å². The Labute approximate surface area is 205 Å². The molecule has 1 aliphatic carbocycles. The lowest BCUT2D eigenvalue weighted by atomic mass is 9.98. The first-order valence-corrected chi connectivity index (χ1v) is 12.1. The van der Waals surface area contributed by atoms with Crippen LogP contribution in [0.2, 0.25) is 0 Å². The summed E-state index contributed by atoms with van der Waals surface area (Å²) < 4.78 is 43.1. The van der Waals surface area contributed by atoms with Gasteiger partial charge in [0.15, 0.2) is 11.4 Å². The number of aromatic nitrogens is 3. The van der Waals surface area contributed by atoms with Gasteiger partial charge in [-0.05, 0) is 55.0 Å². The van der Waals surface area contributed by atoms with Crippen LogP contribution in [0.1, 0.15) is 55.7 Å². The summed E-state index contributed by atoms with van der Waals surface area (Å²) in [5, 5.41) is 7.87. The van der Waals surface area contributed by atoms with E-state index in [2.05, 4.69) is 15.3 Å². The molecule has 0 bridgehead atoms. The molecule has 6 rings (SSSR count). The predicted octanol–water partition coefficient (Wildman–Crippen LogP) is 5.35. The number of piperidine rings is 1. The van der Waals surface area contributed by atoms with Crippen LogP contribution < -0.4 is 10.2 Å². The summed E-state index contributed by atoms with van der Waals surface area (Å²) in [5.41, 5.74) is 2.61. The second-order valence-electron chi connectivity index (χ2n) is 9.37. The van der Waals surface area contributed by atoms with Gasteiger partial charge in [-0.2, -0.15) is 5.10 Å². The summed E-state index contributed by atoms with van der Waals surface area (Å²) in [6.07, 6.45) is 8.30. The number of carbonyl (C=O) groups is 1. The van der Waals surface area contributed by atoms with Gasteiger partial charge in [0.25, 0.3) is 6.43 Å². The summed E-state index contributed by atoms with van der Waals surface area (Å²) in [6.45, 7) is 1.21. The molecule has 186 valence electrons. The minimum atomic E-state index is -2.71. The van der Waals surface area contributed by atoms with Crippen molar-refractivity contribution in [3.8, 4) is 0 Å². The molecule has 2 fully saturated rings. The number of allylic oxidation sites excluding steroid dienone is 1. The van der Waals surface area contributed by atoms with Gasteiger partial charge in [0.05, 0.1) is 18.8 Å². The zero-order chi connectivity index (χ0) is 24.8. The van der Waals surface area contributed by atoms with E-state index in [4.69, 9.17) is 4.98 Å². The number of rotatable bonds is 6. The van der Waals surface area contributed by atoms with Gasteiger partial charge in [-0.1, -0.05) is 12.1 Å². The zero-order valence-electron chi connectivity index (χ0n) is 19.5. The molecule has 0 amide bonds. The quantitative estimate of drug-likeness (QED) is 0.498. The molecule has 0 spiro atoms. The molecule has 1 saturated carbocycles. The van der Waals surface area contributed by atoms with Gasteiger partial charge in [-0.25, -0.2) is 22.7 Å². The largest absolute Gasteiger partial charge is 0.351 e. The number of carbonyl (C=O) groups excluding carboxylic acids is 1. The van der Waals surface area contributed by atoms with Crippen molar-refractivity contribution < 1.29 is 18.0 Å². The van der Waals surface area contributed by atoms with E-state index in [1.165, 1.54) is 11.6 Å². The summed E-state index contributed by atoms with van der Waals surface area (Å²) in [5.74, 6) is 1.17. The maximum Gasteiger partial charge on any atom is 0.264 e. The number of anilines is 2. The number of nitrogens with one attached hydrogen (secondary N) is 1. The summed E-state index contributed by atoms with van der Waals surface area (Å²) in [7, 11) is 0. The number of nitrogens with zero attached hydrogens (tertiary/aromatic N) is 5. The Morgan fingerprint density at radius 2 is 2.03 bits per heavy atom. The maximum absolute atomic E-state index is 14.0. The number of ketones is 1. The molecule has 4 heterocycles. The Bertz CT molecular complexity index is 1390. The first-order valence-electron chi connectivity index (χ1n) is 12.1. The Morgan fingerprint density at radius 3 is 2.81 bits per heavy atom. The van der Waals surface area contributed by atoms with Crippen LogP contribution in [-0.4, -0.2) is 38.4 Å². The molecule has 10 heteroatoms. The van der Waals surface area contributed by atoms with E-state index in [0.29, 0.717) is 36.5 Å². The molecule has 3 aliphatic rings. The van der Waals surface area contributed by atoms with E-state index in [0.717, 1.165) is 43.8 Å². The summed E-state index contributed by atoms with van der Waals surface area (Å²) in [6, 6.07) is 4.66. The number of hydrogen-bond donors (Lipinski definition) is 1. The number of fused-ring (bicyclic) bond motifs is 1. The van der Waals surface area contributed by atoms with Gasteiger partial charge in [0, 0.05) is 30.9 Å². The lowest BCUT2D eigenvalue weighted by molar-refractivity contribution is -0.121. The van der Waals surface area contributed by atoms with Gasteiger partial charge < -0.3 is 15.1 Å². The van der Waals surface area contributed by atoms with Crippen molar-refractivity contribution in [2.24, 2.45) is 0 Å². The highest BCUT2D eigenvalue weighted by Gasteiger charge is 2.30. The van der Waals surface area contributed by atoms with Gasteiger partial charge >= 0.3 is 0 Å². The fourth-order valence-electron chi connectivity index (χ4n) is 5.00. The lowest BCUT2D eigenvalue weighted by Crippen LogP contribution is -2.37. The van der Waals surface area contributed by atoms with Crippen molar-refractivity contribution in [2.45, 2.75) is 44.6 Å². The molecule has 1 atom stereocenters. The smallest absolute Gasteiger partial charge is 0.264 e. The fraction of sp³-hybridized carbons (Fsp3) is 0.346. The van der Waals surface area contributed by atoms with E-state index in [9.17, 15) is 18.0 Å². The number of alkyl halides is 2. The summed E-state index contributed by atoms with van der Waals surface area (Å²) in [4.78, 5) is 20.8. The Morgan fingerprint density at radius 1 is 1.17 bits per heavy atom. The van der Waals surface area contributed by atoms with E-state index in [-0.39, 0.29) is 16.9 Å². The molecule has 1 N–H and O–H groups in total. The predicted molar refractivity (Wildman–Crippen MR) is 129 cm³/mol. The number of benzene rings is 1. The third kappa shape index (κ3) is 4.20. The molecule has 1 saturated heterocycles. The van der Waals surface area contributed by atoms with Crippen LogP contribution in [0.3, 0.4) is 0 Å². The first kappa shape index (κ1) is 22.6. The molecular formula is C26H25F3N6O. The third-order valence-electron chi connectivity index (χ3n) is 6.88. The number of halogens is 3. The van der Waals surface area contributed by atoms with Crippen LogP contribution in [0, 0.1) is 5.82 Å². The van der Waals surface area contributed by atoms with Gasteiger partial charge in [-0.3, -0.25) is 4.79 Å². The molecule has 0 radical (unpaired) electrons. The third-order valence-corrected chi connectivity index (χ3v) is 6.88. The van der Waals surface area contributed by atoms with Crippen molar-refractivity contribution >= 4 is 22.9 Å². The van der Waals surface area contributed by atoms with Crippen LogP contribution in [-0.2, 0) is 4.79 Å². The molecule has 1 aromatic carbocycles. The second-order valence-corrected chi connectivity index (χ2v) is 9.37. The average Bonchev–Trinajstić information content (AvgIpc) is 3.44. The van der Waals surface area contributed by atoms with Crippen LogP contribution in [0.5, 0.6) is 0 Å². The minimum Gasteiger partial charge on any atom is -0.351 e. The maximum atomic E-state index is 14.0. The Kier molecular flexibility index (Phi) is 5.66. The highest BCUT2D eigenvalue weighted by molar-refractivity contribution is 5.81. The molecule has 7 nitrogen and oxygen atoms in total. The van der Waals surface area contributed by atoms with Crippen LogP contribution >= 0.6 is 0 Å². The van der Waals surface area contributed by atoms with Gasteiger partial charge in [-0.15, -0.1) is 0 Å². The number of likely N-dealkylation sites (tertiary alicyclic amines) is 1. The molecule has 2 aromatic heterocycles. The van der Waals surface area contributed by atoms with Crippen molar-refractivity contribution in [1.82, 2.24) is 19.5 Å². The lowest BCUT2D eigenvalue weighted by Gasteiger charge is -2.30. The highest BCUT2D eigenvalue weighted by Crippen LogP contribution is 2.39. The average molecular weight is 495 g/mol. The standard InChI is InChI=1S/C26H25F3N6O/c27-17-7-8-19(24(28)29)20(13-17)22-4-2-11-34(22)23-9-12-35-26(32-23)21(14-30-35)31-25(16-5-6-16)33-10-1-3-18(36)15-33/h2,7-9,11-14,22,24,31H,1,3-6,10,15H2/t22-/m1/s1. The van der Waals surface area contributed by atoms with Gasteiger partial charge in [0.1, 0.15) is 23.1 Å². The fourth-order valence-corrected chi connectivity index (χ4v) is 5.00. The number of hydrogen-bond acceptors (Lipinski definition) is 6. The van der Waals surface area contributed by atoms with Crippen molar-refractivity contribution in [2.75, 3.05) is 23.3 Å². The van der Waals surface area contributed by atoms with E-state index >= 15 is 0 Å². The van der Waals surface area contributed by atoms with Crippen molar-refractivity contribution in [1.29, 1.82) is 0 Å². The molecular weight excluding hydrogens is 469 g/mol. The van der Waals surface area contributed by atoms with Crippen molar-refractivity contribution in [3.05, 3.63) is 77.3 Å². The Hall–Kier alpha value is -3.82. The van der Waals surface area contributed by atoms with E-state index in [1.54, 1.807) is 34.1 Å². The normalized spacial score (nSPS) is 19.6. The molecule has 2 aliphatic heterocycles. The second kappa shape index (κ2) is 9.00.